The molecule has 2 rings (SSSR count). The summed E-state index contributed by atoms with van der Waals surface area (Å²) < 4.78 is 31.6. The fraction of sp³-hybridized carbons (Fsp3) is 0.462. The zero-order chi connectivity index (χ0) is 17.4. The van der Waals surface area contributed by atoms with Crippen LogP contribution in [0.1, 0.15) is 6.42 Å². The van der Waals surface area contributed by atoms with E-state index in [0.29, 0.717) is 0 Å². The van der Waals surface area contributed by atoms with Gasteiger partial charge in [0.25, 0.3) is 0 Å². The van der Waals surface area contributed by atoms with Crippen LogP contribution in [0.4, 0.5) is 0 Å². The van der Waals surface area contributed by atoms with Crippen LogP contribution in [-0.2, 0) is 14.8 Å². The Morgan fingerprint density at radius 2 is 2.04 bits per heavy atom. The number of hydrogen-bond donors (Lipinski definition) is 2. The second-order valence-electron chi connectivity index (χ2n) is 5.06. The maximum atomic E-state index is 12.8. The number of ether oxygens (including phenoxy) is 1. The number of halogens is 2. The lowest BCUT2D eigenvalue weighted by atomic mass is 9.96. The summed E-state index contributed by atoms with van der Waals surface area (Å²) in [6.45, 7) is -0.334. The number of sulfonamides is 1. The molecule has 1 heterocycles. The summed E-state index contributed by atoms with van der Waals surface area (Å²) in [7, 11) is -2.78. The summed E-state index contributed by atoms with van der Waals surface area (Å²) in [6.07, 6.45) is -1.06. The van der Waals surface area contributed by atoms with Crippen LogP contribution < -0.4 is 4.74 Å². The molecule has 0 radical (unpaired) electrons. The van der Waals surface area contributed by atoms with Crippen LogP contribution in [-0.4, -0.2) is 55.2 Å². The van der Waals surface area contributed by atoms with E-state index in [-0.39, 0.29) is 40.2 Å². The first-order valence-corrected chi connectivity index (χ1v) is 8.82. The molecule has 128 valence electrons. The van der Waals surface area contributed by atoms with Crippen molar-refractivity contribution in [2.75, 3.05) is 20.2 Å². The number of nitrogens with zero attached hydrogens (tertiary/aromatic N) is 1. The van der Waals surface area contributed by atoms with E-state index in [2.05, 4.69) is 0 Å². The maximum absolute atomic E-state index is 12.8. The molecule has 1 aromatic rings. The molecule has 10 heteroatoms. The molecule has 2 atom stereocenters. The molecule has 0 saturated carbocycles. The highest BCUT2D eigenvalue weighted by atomic mass is 35.5. The highest BCUT2D eigenvalue weighted by molar-refractivity contribution is 7.89. The van der Waals surface area contributed by atoms with E-state index < -0.39 is 28.0 Å². The quantitative estimate of drug-likeness (QED) is 0.815. The van der Waals surface area contributed by atoms with Gasteiger partial charge < -0.3 is 14.9 Å². The molecular weight excluding hydrogens is 369 g/mol. The predicted molar refractivity (Wildman–Crippen MR) is 83.5 cm³/mol. The number of aliphatic carboxylic acids is 1. The van der Waals surface area contributed by atoms with Crippen LogP contribution in [0, 0.1) is 5.92 Å². The van der Waals surface area contributed by atoms with Crippen LogP contribution >= 0.6 is 23.2 Å². The van der Waals surface area contributed by atoms with Crippen LogP contribution in [0.25, 0.3) is 0 Å². The van der Waals surface area contributed by atoms with Gasteiger partial charge in [-0.05, 0) is 18.6 Å². The minimum Gasteiger partial charge on any atom is -0.494 e. The number of aliphatic hydroxyl groups is 1. The van der Waals surface area contributed by atoms with E-state index in [1.807, 2.05) is 0 Å². The largest absolute Gasteiger partial charge is 0.494 e. The van der Waals surface area contributed by atoms with Gasteiger partial charge in [0, 0.05) is 13.1 Å². The molecule has 23 heavy (non-hydrogen) atoms. The molecule has 0 amide bonds. The van der Waals surface area contributed by atoms with Gasteiger partial charge in [0.15, 0.2) is 5.75 Å². The normalized spacial score (nSPS) is 22.8. The summed E-state index contributed by atoms with van der Waals surface area (Å²) in [5.41, 5.74) is 0. The SMILES string of the molecule is COc1c(S(=O)(=O)N2CC[C@@H](O)[C@@H](C(=O)O)C2)ccc(Cl)c1Cl. The number of methoxy groups -OCH3 is 1. The average Bonchev–Trinajstić information content (AvgIpc) is 2.49. The van der Waals surface area contributed by atoms with Crippen molar-refractivity contribution >= 4 is 39.2 Å². The number of carboxylic acids is 1. The number of carboxylic acid groups (broad SMARTS) is 1. The number of rotatable bonds is 4. The number of carbonyl (C=O) groups is 1. The molecule has 0 unspecified atom stereocenters. The Kier molecular flexibility index (Phi) is 5.42. The van der Waals surface area contributed by atoms with Gasteiger partial charge in [-0.2, -0.15) is 4.31 Å². The first kappa shape index (κ1) is 18.3. The standard InChI is InChI=1S/C13H15Cl2NO6S/c1-22-12-10(3-2-8(14)11(12)15)23(20,21)16-5-4-9(17)7(6-16)13(18)19/h2-3,7,9,17H,4-6H2,1H3,(H,18,19)/t7-,9+/m0/s1. The van der Waals surface area contributed by atoms with E-state index in [1.54, 1.807) is 0 Å². The third-order valence-electron chi connectivity index (χ3n) is 3.69. The fourth-order valence-corrected chi connectivity index (χ4v) is 4.50. The van der Waals surface area contributed by atoms with Crippen molar-refractivity contribution in [2.45, 2.75) is 17.4 Å². The molecule has 0 aromatic heterocycles. The Balaban J connectivity index is 2.43. The molecule has 1 aromatic carbocycles. The van der Waals surface area contributed by atoms with Gasteiger partial charge in [-0.25, -0.2) is 8.42 Å². The highest BCUT2D eigenvalue weighted by Gasteiger charge is 2.39. The van der Waals surface area contributed by atoms with Gasteiger partial charge in [0.05, 0.1) is 24.2 Å². The van der Waals surface area contributed by atoms with Gasteiger partial charge in [0.1, 0.15) is 9.92 Å². The van der Waals surface area contributed by atoms with E-state index in [9.17, 15) is 18.3 Å². The van der Waals surface area contributed by atoms with Crippen molar-refractivity contribution in [3.63, 3.8) is 0 Å². The molecule has 0 aliphatic carbocycles. The molecule has 1 aliphatic rings. The van der Waals surface area contributed by atoms with E-state index >= 15 is 0 Å². The first-order chi connectivity index (χ1) is 10.7. The zero-order valence-electron chi connectivity index (χ0n) is 12.1. The summed E-state index contributed by atoms with van der Waals surface area (Å²) in [5.74, 6) is -2.54. The number of hydrogen-bond acceptors (Lipinski definition) is 5. The molecule has 7 nitrogen and oxygen atoms in total. The Morgan fingerprint density at radius 1 is 1.39 bits per heavy atom. The molecule has 0 bridgehead atoms. The van der Waals surface area contributed by atoms with Gasteiger partial charge >= 0.3 is 5.97 Å². The predicted octanol–water partition coefficient (Wildman–Crippen LogP) is 1.46. The number of aliphatic hydroxyl groups excluding tert-OH is 1. The number of piperidine rings is 1. The van der Waals surface area contributed by atoms with Gasteiger partial charge in [-0.1, -0.05) is 23.2 Å². The Morgan fingerprint density at radius 3 is 2.61 bits per heavy atom. The van der Waals surface area contributed by atoms with Crippen molar-refractivity contribution in [3.8, 4) is 5.75 Å². The van der Waals surface area contributed by atoms with Crippen LogP contribution in [0.15, 0.2) is 17.0 Å². The zero-order valence-corrected chi connectivity index (χ0v) is 14.4. The van der Waals surface area contributed by atoms with Crippen molar-refractivity contribution in [1.82, 2.24) is 4.31 Å². The van der Waals surface area contributed by atoms with Crippen molar-refractivity contribution in [2.24, 2.45) is 5.92 Å². The molecule has 2 N–H and O–H groups in total. The minimum atomic E-state index is -4.04. The highest BCUT2D eigenvalue weighted by Crippen LogP contribution is 2.39. The summed E-state index contributed by atoms with van der Waals surface area (Å²) in [6, 6.07) is 2.58. The Hall–Kier alpha value is -1.06. The molecule has 1 fully saturated rings. The molecular formula is C13H15Cl2NO6S. The summed E-state index contributed by atoms with van der Waals surface area (Å²) in [4.78, 5) is 11.0. The monoisotopic (exact) mass is 383 g/mol. The third kappa shape index (κ3) is 3.41. The van der Waals surface area contributed by atoms with Crippen molar-refractivity contribution in [1.29, 1.82) is 0 Å². The second-order valence-corrected chi connectivity index (χ2v) is 7.75. The molecule has 1 saturated heterocycles. The average molecular weight is 384 g/mol. The lowest BCUT2D eigenvalue weighted by Crippen LogP contribution is -2.48. The lowest BCUT2D eigenvalue weighted by Gasteiger charge is -2.33. The first-order valence-electron chi connectivity index (χ1n) is 6.63. The molecule has 1 aliphatic heterocycles. The lowest BCUT2D eigenvalue weighted by molar-refractivity contribution is -0.147. The van der Waals surface area contributed by atoms with Crippen LogP contribution in [0.2, 0.25) is 10.0 Å². The van der Waals surface area contributed by atoms with Gasteiger partial charge in [-0.3, -0.25) is 4.79 Å². The Bertz CT molecular complexity index is 723. The third-order valence-corrected chi connectivity index (χ3v) is 6.37. The van der Waals surface area contributed by atoms with Crippen molar-refractivity contribution in [3.05, 3.63) is 22.2 Å². The minimum absolute atomic E-state index is 0.00329. The van der Waals surface area contributed by atoms with Crippen molar-refractivity contribution < 1.29 is 28.2 Å². The fourth-order valence-electron chi connectivity index (χ4n) is 2.42. The maximum Gasteiger partial charge on any atom is 0.310 e. The van der Waals surface area contributed by atoms with E-state index in [4.69, 9.17) is 33.0 Å². The Labute approximate surface area is 143 Å². The topological polar surface area (TPSA) is 104 Å². The molecule has 0 spiro atoms. The van der Waals surface area contributed by atoms with Crippen LogP contribution in [0.5, 0.6) is 5.75 Å². The number of benzene rings is 1. The second kappa shape index (κ2) is 6.82. The smallest absolute Gasteiger partial charge is 0.310 e. The van der Waals surface area contributed by atoms with Gasteiger partial charge in [-0.15, -0.1) is 0 Å². The van der Waals surface area contributed by atoms with Gasteiger partial charge in [0.2, 0.25) is 10.0 Å². The van der Waals surface area contributed by atoms with E-state index in [1.165, 1.54) is 19.2 Å². The van der Waals surface area contributed by atoms with E-state index in [0.717, 1.165) is 4.31 Å². The summed E-state index contributed by atoms with van der Waals surface area (Å²) >= 11 is 11.8. The summed E-state index contributed by atoms with van der Waals surface area (Å²) in [5, 5.41) is 18.9. The van der Waals surface area contributed by atoms with Crippen LogP contribution in [0.3, 0.4) is 0 Å².